The molecule has 102 valence electrons. The Labute approximate surface area is 119 Å². The van der Waals surface area contributed by atoms with Crippen molar-refractivity contribution in [2.75, 3.05) is 6.54 Å². The van der Waals surface area contributed by atoms with Crippen molar-refractivity contribution < 1.29 is 0 Å². The molecular weight excluding hydrogens is 258 g/mol. The minimum absolute atomic E-state index is 0.241. The van der Waals surface area contributed by atoms with E-state index in [1.54, 1.807) is 6.20 Å². The van der Waals surface area contributed by atoms with Gasteiger partial charge in [-0.1, -0.05) is 48.9 Å². The standard InChI is InChI=1S/C15H20ClN3/c1-3-17-14(15-13(16)11-18-19(15)2)10-9-12-7-5-4-6-8-12/h4-8,11,14,17H,3,9-10H2,1-2H3. The second kappa shape index (κ2) is 6.73. The molecule has 0 amide bonds. The van der Waals surface area contributed by atoms with E-state index in [4.69, 9.17) is 11.6 Å². The van der Waals surface area contributed by atoms with Gasteiger partial charge in [-0.15, -0.1) is 0 Å². The fourth-order valence-electron chi connectivity index (χ4n) is 2.35. The Morgan fingerprint density at radius 1 is 1.32 bits per heavy atom. The molecule has 0 saturated carbocycles. The van der Waals surface area contributed by atoms with Gasteiger partial charge in [0.15, 0.2) is 0 Å². The Kier molecular flexibility index (Phi) is 5.00. The zero-order chi connectivity index (χ0) is 13.7. The van der Waals surface area contributed by atoms with Gasteiger partial charge in [0.2, 0.25) is 0 Å². The lowest BCUT2D eigenvalue weighted by atomic mass is 10.0. The average Bonchev–Trinajstić information content (AvgIpc) is 2.76. The van der Waals surface area contributed by atoms with Gasteiger partial charge in [-0.3, -0.25) is 4.68 Å². The fourth-order valence-corrected chi connectivity index (χ4v) is 2.65. The maximum Gasteiger partial charge on any atom is 0.0834 e. The molecule has 1 aromatic carbocycles. The Morgan fingerprint density at radius 2 is 2.05 bits per heavy atom. The summed E-state index contributed by atoms with van der Waals surface area (Å²) in [5.41, 5.74) is 2.42. The number of hydrogen-bond donors (Lipinski definition) is 1. The molecule has 1 atom stereocenters. The van der Waals surface area contributed by atoms with E-state index in [-0.39, 0.29) is 6.04 Å². The first-order valence-electron chi connectivity index (χ1n) is 6.67. The van der Waals surface area contributed by atoms with Crippen LogP contribution in [0, 0.1) is 0 Å². The van der Waals surface area contributed by atoms with E-state index in [2.05, 4.69) is 41.6 Å². The molecule has 19 heavy (non-hydrogen) atoms. The van der Waals surface area contributed by atoms with Crippen LogP contribution in [0.1, 0.15) is 30.6 Å². The van der Waals surface area contributed by atoms with E-state index >= 15 is 0 Å². The van der Waals surface area contributed by atoms with Crippen molar-refractivity contribution in [3.05, 3.63) is 52.8 Å². The van der Waals surface area contributed by atoms with Crippen LogP contribution < -0.4 is 5.32 Å². The molecule has 3 nitrogen and oxygen atoms in total. The van der Waals surface area contributed by atoms with Crippen LogP contribution in [-0.2, 0) is 13.5 Å². The van der Waals surface area contributed by atoms with Gasteiger partial charge in [-0.05, 0) is 24.9 Å². The molecule has 1 aromatic heterocycles. The molecule has 0 aliphatic heterocycles. The van der Waals surface area contributed by atoms with E-state index in [1.165, 1.54) is 5.56 Å². The summed E-state index contributed by atoms with van der Waals surface area (Å²) in [5, 5.41) is 8.45. The van der Waals surface area contributed by atoms with Gasteiger partial charge in [0.1, 0.15) is 0 Å². The summed E-state index contributed by atoms with van der Waals surface area (Å²) in [6.07, 6.45) is 3.75. The third kappa shape index (κ3) is 3.58. The summed E-state index contributed by atoms with van der Waals surface area (Å²) in [7, 11) is 1.94. The van der Waals surface area contributed by atoms with Crippen molar-refractivity contribution in [2.24, 2.45) is 7.05 Å². The average molecular weight is 278 g/mol. The SMILES string of the molecule is CCNC(CCc1ccccc1)c1c(Cl)cnn1C. The van der Waals surface area contributed by atoms with Crippen LogP contribution in [0.4, 0.5) is 0 Å². The number of nitrogens with zero attached hydrogens (tertiary/aromatic N) is 2. The lowest BCUT2D eigenvalue weighted by Crippen LogP contribution is -2.24. The molecule has 0 radical (unpaired) electrons. The van der Waals surface area contributed by atoms with Crippen molar-refractivity contribution in [2.45, 2.75) is 25.8 Å². The predicted octanol–water partition coefficient (Wildman–Crippen LogP) is 3.36. The smallest absolute Gasteiger partial charge is 0.0834 e. The summed E-state index contributed by atoms with van der Waals surface area (Å²) in [5.74, 6) is 0. The third-order valence-corrected chi connectivity index (χ3v) is 3.57. The highest BCUT2D eigenvalue weighted by molar-refractivity contribution is 6.31. The van der Waals surface area contributed by atoms with Crippen molar-refractivity contribution >= 4 is 11.6 Å². The highest BCUT2D eigenvalue weighted by Crippen LogP contribution is 2.25. The largest absolute Gasteiger partial charge is 0.309 e. The van der Waals surface area contributed by atoms with Crippen molar-refractivity contribution in [3.8, 4) is 0 Å². The molecule has 0 saturated heterocycles. The normalized spacial score (nSPS) is 12.6. The first-order chi connectivity index (χ1) is 9.22. The van der Waals surface area contributed by atoms with Crippen molar-refractivity contribution in [3.63, 3.8) is 0 Å². The first-order valence-corrected chi connectivity index (χ1v) is 7.05. The van der Waals surface area contributed by atoms with Gasteiger partial charge in [0.05, 0.1) is 23.0 Å². The molecule has 1 unspecified atom stereocenters. The Morgan fingerprint density at radius 3 is 2.63 bits per heavy atom. The summed E-state index contributed by atoms with van der Waals surface area (Å²) in [6.45, 7) is 3.03. The van der Waals surface area contributed by atoms with E-state index < -0.39 is 0 Å². The van der Waals surface area contributed by atoms with Gasteiger partial charge >= 0.3 is 0 Å². The molecular formula is C15H20ClN3. The maximum atomic E-state index is 6.23. The van der Waals surface area contributed by atoms with E-state index in [1.807, 2.05) is 17.8 Å². The summed E-state index contributed by atoms with van der Waals surface area (Å²) in [4.78, 5) is 0. The van der Waals surface area contributed by atoms with Crippen LogP contribution in [0.15, 0.2) is 36.5 Å². The van der Waals surface area contributed by atoms with Crippen LogP contribution in [-0.4, -0.2) is 16.3 Å². The predicted molar refractivity (Wildman–Crippen MR) is 79.4 cm³/mol. The van der Waals surface area contributed by atoms with E-state index in [0.29, 0.717) is 0 Å². The van der Waals surface area contributed by atoms with Crippen LogP contribution in [0.5, 0.6) is 0 Å². The Balaban J connectivity index is 2.09. The number of halogens is 1. The van der Waals surface area contributed by atoms with Crippen molar-refractivity contribution in [1.82, 2.24) is 15.1 Å². The highest BCUT2D eigenvalue weighted by Gasteiger charge is 2.17. The van der Waals surface area contributed by atoms with Crippen LogP contribution >= 0.6 is 11.6 Å². The van der Waals surface area contributed by atoms with Gasteiger partial charge in [-0.2, -0.15) is 5.10 Å². The molecule has 2 aromatic rings. The number of benzene rings is 1. The maximum absolute atomic E-state index is 6.23. The Bertz CT molecular complexity index is 488. The molecule has 0 aliphatic carbocycles. The van der Waals surface area contributed by atoms with Crippen LogP contribution in [0.3, 0.4) is 0 Å². The van der Waals surface area contributed by atoms with Gasteiger partial charge in [0, 0.05) is 7.05 Å². The molecule has 0 aliphatic rings. The molecule has 0 fully saturated rings. The lowest BCUT2D eigenvalue weighted by molar-refractivity contribution is 0.480. The quantitative estimate of drug-likeness (QED) is 0.877. The van der Waals surface area contributed by atoms with Crippen LogP contribution in [0.25, 0.3) is 0 Å². The molecule has 0 bridgehead atoms. The number of hydrogen-bond acceptors (Lipinski definition) is 2. The van der Waals surface area contributed by atoms with E-state index in [9.17, 15) is 0 Å². The molecule has 1 heterocycles. The number of aryl methyl sites for hydroxylation is 2. The molecule has 1 N–H and O–H groups in total. The molecule has 2 rings (SSSR count). The lowest BCUT2D eigenvalue weighted by Gasteiger charge is -2.19. The van der Waals surface area contributed by atoms with E-state index in [0.717, 1.165) is 30.1 Å². The summed E-state index contributed by atoms with van der Waals surface area (Å²) >= 11 is 6.23. The topological polar surface area (TPSA) is 29.9 Å². The van der Waals surface area contributed by atoms with Crippen LogP contribution in [0.2, 0.25) is 5.02 Å². The second-order valence-electron chi connectivity index (χ2n) is 4.64. The minimum Gasteiger partial charge on any atom is -0.309 e. The highest BCUT2D eigenvalue weighted by atomic mass is 35.5. The first kappa shape index (κ1) is 14.1. The van der Waals surface area contributed by atoms with Crippen molar-refractivity contribution in [1.29, 1.82) is 0 Å². The molecule has 4 heteroatoms. The van der Waals surface area contributed by atoms with Gasteiger partial charge in [0.25, 0.3) is 0 Å². The summed E-state index contributed by atoms with van der Waals surface area (Å²) < 4.78 is 1.86. The Hall–Kier alpha value is -1.32. The number of aromatic nitrogens is 2. The molecule has 0 spiro atoms. The minimum atomic E-state index is 0.241. The zero-order valence-electron chi connectivity index (χ0n) is 11.4. The number of rotatable bonds is 6. The fraction of sp³-hybridized carbons (Fsp3) is 0.400. The van der Waals surface area contributed by atoms with Gasteiger partial charge in [-0.25, -0.2) is 0 Å². The number of nitrogens with one attached hydrogen (secondary N) is 1. The summed E-state index contributed by atoms with van der Waals surface area (Å²) in [6, 6.07) is 10.8. The third-order valence-electron chi connectivity index (χ3n) is 3.28. The monoisotopic (exact) mass is 277 g/mol. The zero-order valence-corrected chi connectivity index (χ0v) is 12.2. The second-order valence-corrected chi connectivity index (χ2v) is 5.04. The van der Waals surface area contributed by atoms with Gasteiger partial charge < -0.3 is 5.32 Å².